The molecular formula is C5H9BrMg. The Balaban J connectivity index is 2.82. The lowest BCUT2D eigenvalue weighted by atomic mass is 10.3. The molecule has 0 fully saturated rings. The summed E-state index contributed by atoms with van der Waals surface area (Å²) < 4.78 is 1.36. The Morgan fingerprint density at radius 1 is 1.86 bits per heavy atom. The minimum Gasteiger partial charge on any atom is -0.307 e. The van der Waals surface area contributed by atoms with E-state index in [9.17, 15) is 0 Å². The van der Waals surface area contributed by atoms with Gasteiger partial charge in [0.1, 0.15) is 0 Å². The lowest BCUT2D eigenvalue weighted by Crippen LogP contribution is -1.76. The molecule has 0 aromatic heterocycles. The van der Waals surface area contributed by atoms with Crippen molar-refractivity contribution >= 4 is 31.1 Å². The van der Waals surface area contributed by atoms with Gasteiger partial charge in [0.15, 0.2) is 0 Å². The van der Waals surface area contributed by atoms with Crippen molar-refractivity contribution in [1.82, 2.24) is 0 Å². The van der Waals surface area contributed by atoms with Crippen molar-refractivity contribution in [3.63, 3.8) is 0 Å². The van der Waals surface area contributed by atoms with E-state index in [-0.39, 0.29) is 18.2 Å². The van der Waals surface area contributed by atoms with Crippen LogP contribution in [-0.2, 0) is 0 Å². The second-order valence-electron chi connectivity index (χ2n) is 1.75. The van der Waals surface area contributed by atoms with Crippen LogP contribution in [0.3, 0.4) is 0 Å². The fourth-order valence-corrected chi connectivity index (χ4v) is 1.95. The van der Waals surface area contributed by atoms with E-state index in [0.717, 1.165) is 0 Å². The average molecular weight is 173 g/mol. The molecule has 0 spiro atoms. The van der Waals surface area contributed by atoms with Crippen molar-refractivity contribution in [3.8, 4) is 0 Å². The predicted molar refractivity (Wildman–Crippen MR) is 38.9 cm³/mol. The first-order chi connectivity index (χ1) is 3.27. The van der Waals surface area contributed by atoms with E-state index in [1.807, 2.05) is 0 Å². The van der Waals surface area contributed by atoms with E-state index >= 15 is 0 Å². The summed E-state index contributed by atoms with van der Waals surface area (Å²) in [5.74, 6) is 0. The summed E-state index contributed by atoms with van der Waals surface area (Å²) in [7, 11) is 0. The fraction of sp³-hybridized carbons (Fsp3) is 0.600. The minimum atomic E-state index is 0.123. The zero-order chi connectivity index (χ0) is 5.70. The monoisotopic (exact) mass is 172 g/mol. The largest absolute Gasteiger partial charge is 0.468 e. The SMILES string of the molecule is C=C(C)C[CH2][Mg][Br]. The molecule has 0 aliphatic rings. The number of hydrogen-bond acceptors (Lipinski definition) is 0. The number of hydrogen-bond donors (Lipinski definition) is 0. The summed E-state index contributed by atoms with van der Waals surface area (Å²) in [5, 5.41) is 0. The van der Waals surface area contributed by atoms with E-state index in [1.54, 1.807) is 0 Å². The first-order valence-electron chi connectivity index (χ1n) is 2.47. The molecule has 0 atom stereocenters. The first kappa shape index (κ1) is 7.99. The highest BCUT2D eigenvalue weighted by molar-refractivity contribution is 9.23. The predicted octanol–water partition coefficient (Wildman–Crippen LogP) is 2.39. The summed E-state index contributed by atoms with van der Waals surface area (Å²) in [4.78, 5) is 0. The summed E-state index contributed by atoms with van der Waals surface area (Å²) in [6.45, 7) is 5.87. The molecule has 0 aliphatic carbocycles. The number of halogens is 1. The van der Waals surface area contributed by atoms with Crippen molar-refractivity contribution < 1.29 is 0 Å². The third kappa shape index (κ3) is 6.99. The Labute approximate surface area is 61.0 Å². The fourth-order valence-electron chi connectivity index (χ4n) is 0.369. The van der Waals surface area contributed by atoms with Gasteiger partial charge in [-0.2, -0.15) is 0 Å². The molecule has 0 saturated carbocycles. The van der Waals surface area contributed by atoms with Gasteiger partial charge < -0.3 is 12.9 Å². The molecule has 7 heavy (non-hydrogen) atoms. The van der Waals surface area contributed by atoms with Gasteiger partial charge in [-0.25, -0.2) is 0 Å². The number of allylic oxidation sites excluding steroid dienone is 1. The van der Waals surface area contributed by atoms with Gasteiger partial charge in [0.25, 0.3) is 0 Å². The van der Waals surface area contributed by atoms with E-state index in [4.69, 9.17) is 0 Å². The summed E-state index contributed by atoms with van der Waals surface area (Å²) in [6.07, 6.45) is 1.22. The van der Waals surface area contributed by atoms with Crippen LogP contribution in [0.25, 0.3) is 0 Å². The van der Waals surface area contributed by atoms with Gasteiger partial charge in [0, 0.05) is 0 Å². The van der Waals surface area contributed by atoms with Crippen LogP contribution in [0.15, 0.2) is 12.2 Å². The molecule has 0 aliphatic heterocycles. The quantitative estimate of drug-likeness (QED) is 0.454. The third-order valence-corrected chi connectivity index (χ3v) is 3.04. The van der Waals surface area contributed by atoms with Crippen LogP contribution in [0.1, 0.15) is 13.3 Å². The first-order valence-corrected chi connectivity index (χ1v) is 7.37. The normalized spacial score (nSPS) is 7.71. The van der Waals surface area contributed by atoms with Crippen LogP contribution in [0.2, 0.25) is 4.55 Å². The third-order valence-electron chi connectivity index (χ3n) is 0.737. The van der Waals surface area contributed by atoms with Crippen molar-refractivity contribution in [2.45, 2.75) is 17.9 Å². The minimum absolute atomic E-state index is 0.123. The lowest BCUT2D eigenvalue weighted by molar-refractivity contribution is 1.10. The van der Waals surface area contributed by atoms with E-state index in [1.165, 1.54) is 16.5 Å². The number of rotatable bonds is 3. The molecule has 0 N–H and O–H groups in total. The highest BCUT2D eigenvalue weighted by Crippen LogP contribution is 2.00. The van der Waals surface area contributed by atoms with Crippen molar-refractivity contribution in [2.75, 3.05) is 0 Å². The Morgan fingerprint density at radius 2 is 2.43 bits per heavy atom. The second-order valence-corrected chi connectivity index (χ2v) is 5.21. The molecule has 0 unspecified atom stereocenters. The molecule has 0 heterocycles. The van der Waals surface area contributed by atoms with Crippen molar-refractivity contribution in [3.05, 3.63) is 12.2 Å². The standard InChI is InChI=1S/C5H9.BrH.Mg/c1-4-5(2)3;;/h1-2,4H2,3H3;1H;/q;;+1/p-1. The van der Waals surface area contributed by atoms with E-state index < -0.39 is 0 Å². The Hall–Kier alpha value is 0.986. The van der Waals surface area contributed by atoms with Gasteiger partial charge >= 0.3 is 18.2 Å². The van der Waals surface area contributed by atoms with Crippen molar-refractivity contribution in [2.24, 2.45) is 0 Å². The van der Waals surface area contributed by atoms with Gasteiger partial charge in [-0.15, -0.1) is 11.1 Å². The van der Waals surface area contributed by atoms with Crippen LogP contribution >= 0.6 is 12.9 Å². The van der Waals surface area contributed by atoms with E-state index in [2.05, 4.69) is 26.4 Å². The van der Waals surface area contributed by atoms with Gasteiger partial charge in [-0.05, 0) is 6.92 Å². The molecule has 0 aromatic carbocycles. The molecule has 0 aromatic rings. The topological polar surface area (TPSA) is 0 Å². The molecule has 0 radical (unpaired) electrons. The van der Waals surface area contributed by atoms with E-state index in [0.29, 0.717) is 0 Å². The second kappa shape index (κ2) is 5.13. The van der Waals surface area contributed by atoms with Gasteiger partial charge in [-0.1, -0.05) is 12.0 Å². The highest BCUT2D eigenvalue weighted by Gasteiger charge is 1.87. The average Bonchev–Trinajstić information content (AvgIpc) is 1.61. The maximum atomic E-state index is 3.79. The molecule has 2 heteroatoms. The Morgan fingerprint density at radius 3 is 2.57 bits per heavy atom. The molecular weight excluding hydrogens is 164 g/mol. The maximum absolute atomic E-state index is 3.79. The highest BCUT2D eigenvalue weighted by atomic mass is 79.9. The van der Waals surface area contributed by atoms with Crippen LogP contribution in [0.4, 0.5) is 0 Å². The van der Waals surface area contributed by atoms with Crippen molar-refractivity contribution in [1.29, 1.82) is 0 Å². The van der Waals surface area contributed by atoms with Crippen LogP contribution in [0, 0.1) is 0 Å². The zero-order valence-corrected chi connectivity index (χ0v) is 7.71. The summed E-state index contributed by atoms with van der Waals surface area (Å²) in [5.41, 5.74) is 1.31. The van der Waals surface area contributed by atoms with Gasteiger partial charge in [0.05, 0.1) is 0 Å². The molecule has 0 amide bonds. The zero-order valence-electron chi connectivity index (χ0n) is 4.71. The van der Waals surface area contributed by atoms with Crippen LogP contribution in [0.5, 0.6) is 0 Å². The molecule has 0 bridgehead atoms. The summed E-state index contributed by atoms with van der Waals surface area (Å²) in [6, 6.07) is 0. The molecule has 0 saturated heterocycles. The van der Waals surface area contributed by atoms with Gasteiger partial charge in [0.2, 0.25) is 0 Å². The molecule has 0 rings (SSSR count). The smallest absolute Gasteiger partial charge is 0.307 e. The molecule has 38 valence electrons. The Bertz CT molecular complexity index is 61.1. The Kier molecular flexibility index (Phi) is 5.85. The van der Waals surface area contributed by atoms with Crippen LogP contribution in [-0.4, -0.2) is 18.2 Å². The maximum Gasteiger partial charge on any atom is 0.468 e. The summed E-state index contributed by atoms with van der Waals surface area (Å²) >= 11 is 3.60. The van der Waals surface area contributed by atoms with Crippen LogP contribution < -0.4 is 0 Å². The molecule has 0 nitrogen and oxygen atoms in total. The van der Waals surface area contributed by atoms with Gasteiger partial charge in [-0.3, -0.25) is 0 Å². The lowest BCUT2D eigenvalue weighted by Gasteiger charge is -1.90.